The lowest BCUT2D eigenvalue weighted by atomic mass is 9.84. The average molecular weight is 647 g/mol. The highest BCUT2D eigenvalue weighted by atomic mass is 19.1. The van der Waals surface area contributed by atoms with E-state index in [4.69, 9.17) is 4.98 Å². The lowest BCUT2D eigenvalue weighted by Crippen LogP contribution is -2.55. The smallest absolute Gasteiger partial charge is 0.252 e. The van der Waals surface area contributed by atoms with Gasteiger partial charge >= 0.3 is 0 Å². The van der Waals surface area contributed by atoms with Crippen LogP contribution in [0.5, 0.6) is 0 Å². The van der Waals surface area contributed by atoms with Gasteiger partial charge in [0.1, 0.15) is 11.6 Å². The third-order valence-electron chi connectivity index (χ3n) is 10.1. The van der Waals surface area contributed by atoms with Crippen molar-refractivity contribution in [2.45, 2.75) is 51.6 Å². The Hall–Kier alpha value is -3.96. The van der Waals surface area contributed by atoms with Crippen LogP contribution in [0.3, 0.4) is 0 Å². The number of rotatable bonds is 8. The first-order valence-electron chi connectivity index (χ1n) is 16.8. The van der Waals surface area contributed by atoms with Crippen LogP contribution in [0.1, 0.15) is 54.9 Å². The Bertz CT molecular complexity index is 1620. The second kappa shape index (κ2) is 14.4. The molecule has 0 spiro atoms. The standard InChI is InChI=1S/C36H44F2N6O3/c1-24(25-6-4-3-5-7-25)39-36(47)34-29-20-28(38)12-13-31(29)40-35(26-8-10-27(37)11-9-26)30(34)21-42-16-19-44(32(45)22-42)23-33(46)43-17-14-41(2)15-18-43/h8-13,20,24-25H,3-7,14-19,21-23H2,1-2H3,(H,39,47). The summed E-state index contributed by atoms with van der Waals surface area (Å²) in [5, 5.41) is 3.62. The Balaban J connectivity index is 1.30. The van der Waals surface area contributed by atoms with E-state index in [1.165, 1.54) is 30.7 Å². The number of benzene rings is 2. The number of nitrogens with zero attached hydrogens (tertiary/aromatic N) is 5. The maximum Gasteiger partial charge on any atom is 0.252 e. The van der Waals surface area contributed by atoms with Crippen LogP contribution in [0, 0.1) is 17.6 Å². The number of carbonyl (C=O) groups excluding carboxylic acids is 3. The molecule has 3 fully saturated rings. The zero-order valence-corrected chi connectivity index (χ0v) is 27.3. The van der Waals surface area contributed by atoms with Crippen molar-refractivity contribution in [2.24, 2.45) is 5.92 Å². The van der Waals surface area contributed by atoms with Crippen LogP contribution in [0.25, 0.3) is 22.2 Å². The topological polar surface area (TPSA) is 89.1 Å². The van der Waals surface area contributed by atoms with Gasteiger partial charge in [0, 0.05) is 68.4 Å². The van der Waals surface area contributed by atoms with Gasteiger partial charge in [-0.25, -0.2) is 13.8 Å². The zero-order chi connectivity index (χ0) is 33.1. The average Bonchev–Trinajstić information content (AvgIpc) is 3.06. The second-order valence-electron chi connectivity index (χ2n) is 13.4. The van der Waals surface area contributed by atoms with Crippen molar-refractivity contribution in [2.75, 3.05) is 59.4 Å². The monoisotopic (exact) mass is 646 g/mol. The Morgan fingerprint density at radius 1 is 0.936 bits per heavy atom. The quantitative estimate of drug-likeness (QED) is 0.393. The van der Waals surface area contributed by atoms with Crippen LogP contribution in [-0.4, -0.2) is 108 Å². The molecule has 250 valence electrons. The van der Waals surface area contributed by atoms with E-state index in [1.807, 2.05) is 23.8 Å². The summed E-state index contributed by atoms with van der Waals surface area (Å²) in [4.78, 5) is 53.0. The molecule has 3 amide bonds. The molecule has 1 aromatic heterocycles. The summed E-state index contributed by atoms with van der Waals surface area (Å²) in [6, 6.07) is 10.1. The molecule has 11 heteroatoms. The lowest BCUT2D eigenvalue weighted by Gasteiger charge is -2.37. The van der Waals surface area contributed by atoms with Crippen LogP contribution in [0.4, 0.5) is 8.78 Å². The Morgan fingerprint density at radius 2 is 1.64 bits per heavy atom. The third-order valence-corrected chi connectivity index (χ3v) is 10.1. The summed E-state index contributed by atoms with van der Waals surface area (Å²) in [6.07, 6.45) is 5.56. The van der Waals surface area contributed by atoms with Crippen molar-refractivity contribution >= 4 is 28.6 Å². The fraction of sp³-hybridized carbons (Fsp3) is 0.500. The number of fused-ring (bicyclic) bond motifs is 1. The molecule has 1 saturated carbocycles. The Morgan fingerprint density at radius 3 is 2.34 bits per heavy atom. The van der Waals surface area contributed by atoms with Gasteiger partial charge in [0.15, 0.2) is 0 Å². The van der Waals surface area contributed by atoms with Gasteiger partial charge in [0.05, 0.1) is 29.9 Å². The number of hydrogen-bond donors (Lipinski definition) is 1. The van der Waals surface area contributed by atoms with Crippen LogP contribution >= 0.6 is 0 Å². The van der Waals surface area contributed by atoms with E-state index in [-0.39, 0.29) is 43.4 Å². The highest BCUT2D eigenvalue weighted by Crippen LogP contribution is 2.33. The fourth-order valence-corrected chi connectivity index (χ4v) is 7.17. The number of amides is 3. The van der Waals surface area contributed by atoms with E-state index in [9.17, 15) is 23.2 Å². The minimum absolute atomic E-state index is 0.0424. The number of carbonyl (C=O) groups is 3. The predicted molar refractivity (Wildman–Crippen MR) is 177 cm³/mol. The molecule has 9 nitrogen and oxygen atoms in total. The van der Waals surface area contributed by atoms with Gasteiger partial charge in [-0.1, -0.05) is 19.3 Å². The van der Waals surface area contributed by atoms with Gasteiger partial charge in [0.2, 0.25) is 11.8 Å². The van der Waals surface area contributed by atoms with Gasteiger partial charge in [-0.3, -0.25) is 19.3 Å². The maximum atomic E-state index is 14.7. The summed E-state index contributed by atoms with van der Waals surface area (Å²) in [7, 11) is 2.03. The van der Waals surface area contributed by atoms with Gasteiger partial charge in [0.25, 0.3) is 5.91 Å². The van der Waals surface area contributed by atoms with E-state index in [2.05, 4.69) is 10.2 Å². The van der Waals surface area contributed by atoms with Crippen LogP contribution in [0.15, 0.2) is 42.5 Å². The molecule has 2 aromatic carbocycles. The molecule has 2 saturated heterocycles. The van der Waals surface area contributed by atoms with E-state index in [0.717, 1.165) is 38.8 Å². The first-order chi connectivity index (χ1) is 22.7. The zero-order valence-electron chi connectivity index (χ0n) is 27.3. The second-order valence-corrected chi connectivity index (χ2v) is 13.4. The highest BCUT2D eigenvalue weighted by Gasteiger charge is 2.31. The molecule has 3 heterocycles. The van der Waals surface area contributed by atoms with Crippen molar-refractivity contribution in [3.8, 4) is 11.3 Å². The number of piperazine rings is 2. The number of nitrogens with one attached hydrogen (secondary N) is 1. The minimum atomic E-state index is -0.483. The molecule has 1 unspecified atom stereocenters. The molecule has 1 N–H and O–H groups in total. The lowest BCUT2D eigenvalue weighted by molar-refractivity contribution is -0.144. The molecule has 0 radical (unpaired) electrons. The van der Waals surface area contributed by atoms with E-state index < -0.39 is 11.6 Å². The summed E-state index contributed by atoms with van der Waals surface area (Å²) in [5.41, 5.74) is 2.42. The number of hydrogen-bond acceptors (Lipinski definition) is 6. The summed E-state index contributed by atoms with van der Waals surface area (Å²) in [6.45, 7) is 6.07. The summed E-state index contributed by atoms with van der Waals surface area (Å²) < 4.78 is 28.7. The van der Waals surface area contributed by atoms with Gasteiger partial charge in [-0.15, -0.1) is 0 Å². The first kappa shape index (κ1) is 33.0. The molecule has 47 heavy (non-hydrogen) atoms. The Labute approximate surface area is 274 Å². The van der Waals surface area contributed by atoms with E-state index in [1.54, 1.807) is 23.1 Å². The summed E-state index contributed by atoms with van der Waals surface area (Å²) >= 11 is 0. The molecule has 1 aliphatic carbocycles. The van der Waals surface area contributed by atoms with E-state index >= 15 is 0 Å². The van der Waals surface area contributed by atoms with Gasteiger partial charge in [-0.05, 0) is 75.2 Å². The molecule has 3 aliphatic rings. The molecular formula is C36H44F2N6O3. The van der Waals surface area contributed by atoms with Gasteiger partial charge < -0.3 is 20.0 Å². The molecule has 0 bridgehead atoms. The normalized spacial score (nSPS) is 19.3. The largest absolute Gasteiger partial charge is 0.349 e. The molecule has 2 aliphatic heterocycles. The highest BCUT2D eigenvalue weighted by molar-refractivity contribution is 6.09. The molecule has 3 aromatic rings. The van der Waals surface area contributed by atoms with Crippen molar-refractivity contribution in [3.05, 3.63) is 65.2 Å². The summed E-state index contributed by atoms with van der Waals surface area (Å²) in [5.74, 6) is -1.06. The number of aromatic nitrogens is 1. The predicted octanol–water partition coefficient (Wildman–Crippen LogP) is 4.30. The molecule has 1 atom stereocenters. The van der Waals surface area contributed by atoms with Crippen LogP contribution < -0.4 is 5.32 Å². The molecule has 6 rings (SSSR count). The Kier molecular flexibility index (Phi) is 10.1. The van der Waals surface area contributed by atoms with Crippen molar-refractivity contribution < 1.29 is 23.2 Å². The van der Waals surface area contributed by atoms with Crippen molar-refractivity contribution in [3.63, 3.8) is 0 Å². The molecular weight excluding hydrogens is 602 g/mol. The number of pyridine rings is 1. The third kappa shape index (κ3) is 7.62. The maximum absolute atomic E-state index is 14.7. The number of likely N-dealkylation sites (N-methyl/N-ethyl adjacent to an activating group) is 1. The van der Waals surface area contributed by atoms with Crippen LogP contribution in [-0.2, 0) is 16.1 Å². The van der Waals surface area contributed by atoms with E-state index in [0.29, 0.717) is 65.4 Å². The van der Waals surface area contributed by atoms with Crippen molar-refractivity contribution in [1.82, 2.24) is 29.9 Å². The fourth-order valence-electron chi connectivity index (χ4n) is 7.17. The number of halogens is 2. The SMILES string of the molecule is CC(NC(=O)c1c(CN2CCN(CC(=O)N3CCN(C)CC3)C(=O)C2)c(-c2ccc(F)cc2)nc2ccc(F)cc12)C1CCCCC1. The minimum Gasteiger partial charge on any atom is -0.349 e. The van der Waals surface area contributed by atoms with Gasteiger partial charge in [-0.2, -0.15) is 0 Å². The van der Waals surface area contributed by atoms with Crippen LogP contribution in [0.2, 0.25) is 0 Å². The first-order valence-corrected chi connectivity index (χ1v) is 16.8. The van der Waals surface area contributed by atoms with Crippen molar-refractivity contribution in [1.29, 1.82) is 0 Å².